The van der Waals surface area contributed by atoms with Crippen molar-refractivity contribution in [3.05, 3.63) is 83.2 Å². The van der Waals surface area contributed by atoms with E-state index >= 15 is 0 Å². The van der Waals surface area contributed by atoms with Gasteiger partial charge in [-0.3, -0.25) is 4.98 Å². The predicted molar refractivity (Wildman–Crippen MR) is 171 cm³/mol. The Kier molecular flexibility index (Phi) is 11.3. The fourth-order valence-electron chi connectivity index (χ4n) is 5.52. The molecular weight excluding hydrogens is 554 g/mol. The van der Waals surface area contributed by atoms with Crippen molar-refractivity contribution in [2.75, 3.05) is 19.7 Å². The van der Waals surface area contributed by atoms with Crippen LogP contribution in [-0.4, -0.2) is 53.1 Å². The summed E-state index contributed by atoms with van der Waals surface area (Å²) in [4.78, 5) is 16.5. The van der Waals surface area contributed by atoms with Crippen molar-refractivity contribution in [3.8, 4) is 16.9 Å². The number of urea groups is 1. The van der Waals surface area contributed by atoms with Crippen LogP contribution in [0, 0.1) is 6.92 Å². The predicted octanol–water partition coefficient (Wildman–Crippen LogP) is 5.95. The largest absolute Gasteiger partial charge is 0.490 e. The van der Waals surface area contributed by atoms with Gasteiger partial charge in [-0.1, -0.05) is 36.4 Å². The molecular formula is C36H47N3O5. The minimum atomic E-state index is -0.670. The molecule has 1 unspecified atom stereocenters. The van der Waals surface area contributed by atoms with Gasteiger partial charge in [-0.05, 0) is 106 Å². The molecule has 0 bridgehead atoms. The van der Waals surface area contributed by atoms with Crippen LogP contribution >= 0.6 is 0 Å². The third kappa shape index (κ3) is 9.03. The molecule has 2 fully saturated rings. The highest BCUT2D eigenvalue weighted by molar-refractivity contribution is 5.74. The van der Waals surface area contributed by atoms with Crippen molar-refractivity contribution in [1.82, 2.24) is 15.6 Å². The number of carbonyl (C=O) groups is 1. The Morgan fingerprint density at radius 3 is 2.55 bits per heavy atom. The molecule has 1 heterocycles. The summed E-state index contributed by atoms with van der Waals surface area (Å²) in [6, 6.07) is 16.9. The fourth-order valence-corrected chi connectivity index (χ4v) is 5.52. The summed E-state index contributed by atoms with van der Waals surface area (Å²) in [5, 5.41) is 24.0. The zero-order valence-corrected chi connectivity index (χ0v) is 25.9. The summed E-state index contributed by atoms with van der Waals surface area (Å²) >= 11 is 0. The van der Waals surface area contributed by atoms with Gasteiger partial charge in [0, 0.05) is 36.6 Å². The number of rotatable bonds is 18. The minimum Gasteiger partial charge on any atom is -0.490 e. The van der Waals surface area contributed by atoms with Crippen molar-refractivity contribution in [2.24, 2.45) is 0 Å². The van der Waals surface area contributed by atoms with E-state index in [0.29, 0.717) is 32.2 Å². The van der Waals surface area contributed by atoms with Gasteiger partial charge in [-0.15, -0.1) is 0 Å². The molecule has 8 nitrogen and oxygen atoms in total. The maximum Gasteiger partial charge on any atom is 0.314 e. The van der Waals surface area contributed by atoms with Gasteiger partial charge < -0.3 is 30.3 Å². The van der Waals surface area contributed by atoms with Crippen LogP contribution in [-0.2, 0) is 23.4 Å². The van der Waals surface area contributed by atoms with Crippen LogP contribution in [0.15, 0.2) is 60.9 Å². The second-order valence-corrected chi connectivity index (χ2v) is 12.3. The summed E-state index contributed by atoms with van der Waals surface area (Å²) in [7, 11) is 0. The first-order valence-electron chi connectivity index (χ1n) is 16.2. The number of ether oxygens (including phenoxy) is 2. The smallest absolute Gasteiger partial charge is 0.314 e. The lowest BCUT2D eigenvalue weighted by molar-refractivity contribution is 0.0170. The van der Waals surface area contributed by atoms with Gasteiger partial charge in [0.05, 0.1) is 31.0 Å². The highest BCUT2D eigenvalue weighted by Crippen LogP contribution is 2.53. The SMILES string of the molecule is Cc1ccc(CCCCNC(=O)NCCCCC(O)CO)cc1COC1(c2cnccc2-c2ccccc2OC2CC2)CC1. The molecule has 236 valence electrons. The number of hydrogen-bond acceptors (Lipinski definition) is 6. The molecule has 2 amide bonds. The first-order valence-corrected chi connectivity index (χ1v) is 16.2. The van der Waals surface area contributed by atoms with E-state index in [4.69, 9.17) is 14.6 Å². The molecule has 3 aromatic rings. The molecule has 0 radical (unpaired) electrons. The lowest BCUT2D eigenvalue weighted by atomic mass is 9.96. The molecule has 2 aromatic carbocycles. The standard InChI is InChI=1S/C36H47N3O5/c1-26-12-13-27(8-4-6-19-38-35(42)39-20-7-5-9-29(41)24-40)22-28(26)25-43-36(17-18-36)33-23-37-21-16-31(33)32-10-2-3-11-34(32)44-30-14-15-30/h2-3,10-13,16,21-23,29-30,40-41H,4-9,14-15,17-20,24-25H2,1H3,(H2,38,39,42). The third-order valence-corrected chi connectivity index (χ3v) is 8.57. The molecule has 1 aromatic heterocycles. The van der Waals surface area contributed by atoms with E-state index in [9.17, 15) is 9.90 Å². The number of carbonyl (C=O) groups excluding carboxylic acids is 1. The van der Waals surface area contributed by atoms with Crippen LogP contribution in [0.25, 0.3) is 11.1 Å². The second kappa shape index (κ2) is 15.5. The van der Waals surface area contributed by atoms with Gasteiger partial charge in [0.15, 0.2) is 0 Å². The van der Waals surface area contributed by atoms with Crippen molar-refractivity contribution >= 4 is 6.03 Å². The number of aliphatic hydroxyl groups is 2. The van der Waals surface area contributed by atoms with E-state index in [1.54, 1.807) is 0 Å². The summed E-state index contributed by atoms with van der Waals surface area (Å²) < 4.78 is 13.0. The van der Waals surface area contributed by atoms with Gasteiger partial charge in [0.2, 0.25) is 0 Å². The molecule has 2 aliphatic rings. The van der Waals surface area contributed by atoms with Crippen molar-refractivity contribution in [2.45, 2.75) is 95.5 Å². The Balaban J connectivity index is 1.09. The molecule has 8 heteroatoms. The normalized spacial score (nSPS) is 15.9. The van der Waals surface area contributed by atoms with E-state index in [0.717, 1.165) is 80.2 Å². The molecule has 0 spiro atoms. The van der Waals surface area contributed by atoms with E-state index in [1.165, 1.54) is 16.7 Å². The maximum absolute atomic E-state index is 12.0. The number of unbranched alkanes of at least 4 members (excludes halogenated alkanes) is 2. The number of nitrogens with one attached hydrogen (secondary N) is 2. The van der Waals surface area contributed by atoms with E-state index in [2.05, 4.69) is 65.0 Å². The summed E-state index contributed by atoms with van der Waals surface area (Å²) in [5.41, 5.74) is 6.76. The molecule has 44 heavy (non-hydrogen) atoms. The molecule has 0 aliphatic heterocycles. The Hall–Kier alpha value is -3.46. The van der Waals surface area contributed by atoms with Crippen LogP contribution < -0.4 is 15.4 Å². The summed E-state index contributed by atoms with van der Waals surface area (Å²) in [6.45, 7) is 3.66. The van der Waals surface area contributed by atoms with Crippen LogP contribution in [0.2, 0.25) is 0 Å². The second-order valence-electron chi connectivity index (χ2n) is 12.3. The average Bonchev–Trinajstić information content (AvgIpc) is 3.98. The topological polar surface area (TPSA) is 113 Å². The Bertz CT molecular complexity index is 1370. The molecule has 2 saturated carbocycles. The van der Waals surface area contributed by atoms with E-state index in [-0.39, 0.29) is 18.2 Å². The van der Waals surface area contributed by atoms with Gasteiger partial charge in [0.1, 0.15) is 5.75 Å². The number of pyridine rings is 1. The Morgan fingerprint density at radius 1 is 1.02 bits per heavy atom. The van der Waals surface area contributed by atoms with Gasteiger partial charge in [-0.25, -0.2) is 4.79 Å². The van der Waals surface area contributed by atoms with Crippen molar-refractivity contribution in [1.29, 1.82) is 0 Å². The summed E-state index contributed by atoms with van der Waals surface area (Å²) in [5.74, 6) is 0.935. The number of para-hydroxylation sites is 1. The van der Waals surface area contributed by atoms with Crippen molar-refractivity contribution in [3.63, 3.8) is 0 Å². The van der Waals surface area contributed by atoms with Crippen LogP contribution in [0.3, 0.4) is 0 Å². The van der Waals surface area contributed by atoms with Gasteiger partial charge in [0.25, 0.3) is 0 Å². The maximum atomic E-state index is 12.0. The van der Waals surface area contributed by atoms with Crippen molar-refractivity contribution < 1.29 is 24.5 Å². The fraction of sp³-hybridized carbons (Fsp3) is 0.500. The third-order valence-electron chi connectivity index (χ3n) is 8.57. The monoisotopic (exact) mass is 601 g/mol. The first-order chi connectivity index (χ1) is 21.5. The molecule has 0 saturated heterocycles. The number of aryl methyl sites for hydroxylation is 2. The number of hydrogen-bond donors (Lipinski definition) is 4. The van der Waals surface area contributed by atoms with Gasteiger partial charge in [-0.2, -0.15) is 0 Å². The minimum absolute atomic E-state index is 0.160. The molecule has 4 N–H and O–H groups in total. The zero-order chi connectivity index (χ0) is 30.8. The van der Waals surface area contributed by atoms with Crippen LogP contribution in [0.4, 0.5) is 4.79 Å². The zero-order valence-electron chi connectivity index (χ0n) is 25.9. The lowest BCUT2D eigenvalue weighted by Gasteiger charge is -2.22. The van der Waals surface area contributed by atoms with Crippen LogP contribution in [0.5, 0.6) is 5.75 Å². The number of aromatic nitrogens is 1. The highest BCUT2D eigenvalue weighted by atomic mass is 16.5. The first kappa shape index (κ1) is 31.9. The molecule has 1 atom stereocenters. The van der Waals surface area contributed by atoms with Gasteiger partial charge >= 0.3 is 6.03 Å². The number of nitrogens with zero attached hydrogens (tertiary/aromatic N) is 1. The molecule has 5 rings (SSSR count). The number of amides is 2. The quantitative estimate of drug-likeness (QED) is 0.134. The average molecular weight is 602 g/mol. The van der Waals surface area contributed by atoms with E-state index < -0.39 is 6.10 Å². The Morgan fingerprint density at radius 2 is 1.80 bits per heavy atom. The van der Waals surface area contributed by atoms with E-state index in [1.807, 2.05) is 18.5 Å². The number of benzene rings is 2. The Labute approximate surface area is 261 Å². The number of aliphatic hydroxyl groups excluding tert-OH is 2. The highest BCUT2D eigenvalue weighted by Gasteiger charge is 2.47. The summed E-state index contributed by atoms with van der Waals surface area (Å²) in [6.07, 6.45) is 12.6. The molecule has 2 aliphatic carbocycles. The van der Waals surface area contributed by atoms with Crippen LogP contribution in [0.1, 0.15) is 80.0 Å². The lowest BCUT2D eigenvalue weighted by Crippen LogP contribution is -2.36.